The molecule has 0 fully saturated rings. The molecule has 0 saturated heterocycles. The summed E-state index contributed by atoms with van der Waals surface area (Å²) in [7, 11) is 0. The number of ketones is 1. The van der Waals surface area contributed by atoms with Gasteiger partial charge in [0.15, 0.2) is 0 Å². The lowest BCUT2D eigenvalue weighted by Crippen LogP contribution is -2.21. The molecule has 2 rings (SSSR count). The zero-order chi connectivity index (χ0) is 15.2. The van der Waals surface area contributed by atoms with Gasteiger partial charge in [0.1, 0.15) is 5.76 Å². The van der Waals surface area contributed by atoms with Gasteiger partial charge in [-0.2, -0.15) is 0 Å². The molecule has 2 N–H and O–H groups in total. The van der Waals surface area contributed by atoms with Crippen LogP contribution in [0.3, 0.4) is 0 Å². The Bertz CT molecular complexity index is 673. The number of aryl methyl sites for hydroxylation is 1. The van der Waals surface area contributed by atoms with Crippen molar-refractivity contribution in [3.63, 3.8) is 0 Å². The molecule has 1 amide bonds. The molecule has 0 unspecified atom stereocenters. The minimum Gasteiger partial charge on any atom is -0.507 e. The molecule has 2 aromatic carbocycles. The first-order valence-electron chi connectivity index (χ1n) is 6.44. The number of carbonyl (C=O) groups excluding carboxylic acids is 2. The fourth-order valence-corrected chi connectivity index (χ4v) is 1.71. The molecule has 0 aliphatic heterocycles. The summed E-state index contributed by atoms with van der Waals surface area (Å²) in [5, 5.41) is 12.3. The zero-order valence-electron chi connectivity index (χ0n) is 11.5. The van der Waals surface area contributed by atoms with E-state index in [0.29, 0.717) is 11.3 Å². The molecule has 21 heavy (non-hydrogen) atoms. The number of hydrogen-bond acceptors (Lipinski definition) is 3. The lowest BCUT2D eigenvalue weighted by atomic mass is 10.1. The number of amides is 1. The van der Waals surface area contributed by atoms with Crippen molar-refractivity contribution >= 4 is 23.1 Å². The highest BCUT2D eigenvalue weighted by Gasteiger charge is 2.13. The van der Waals surface area contributed by atoms with Crippen LogP contribution in [0.2, 0.25) is 0 Å². The molecule has 4 nitrogen and oxygen atoms in total. The van der Waals surface area contributed by atoms with Crippen molar-refractivity contribution in [2.24, 2.45) is 0 Å². The van der Waals surface area contributed by atoms with E-state index in [1.54, 1.807) is 42.5 Å². The molecular formula is C17H15NO3. The topological polar surface area (TPSA) is 66.4 Å². The molecule has 106 valence electrons. The van der Waals surface area contributed by atoms with Gasteiger partial charge in [-0.15, -0.1) is 0 Å². The molecule has 0 saturated carbocycles. The van der Waals surface area contributed by atoms with Crippen LogP contribution in [-0.4, -0.2) is 16.8 Å². The van der Waals surface area contributed by atoms with Crippen molar-refractivity contribution < 1.29 is 14.7 Å². The van der Waals surface area contributed by atoms with E-state index in [0.717, 1.165) is 11.6 Å². The summed E-state index contributed by atoms with van der Waals surface area (Å²) in [5.41, 5.74) is 2.07. The van der Waals surface area contributed by atoms with E-state index in [-0.39, 0.29) is 5.76 Å². The highest BCUT2D eigenvalue weighted by molar-refractivity contribution is 6.45. The van der Waals surface area contributed by atoms with Crippen molar-refractivity contribution in [2.45, 2.75) is 6.92 Å². The van der Waals surface area contributed by atoms with Crippen LogP contribution in [0.1, 0.15) is 11.1 Å². The van der Waals surface area contributed by atoms with Crippen molar-refractivity contribution in [1.29, 1.82) is 0 Å². The van der Waals surface area contributed by atoms with Gasteiger partial charge in [0, 0.05) is 17.3 Å². The Balaban J connectivity index is 2.06. The van der Waals surface area contributed by atoms with Gasteiger partial charge in [-0.1, -0.05) is 48.0 Å². The van der Waals surface area contributed by atoms with Crippen LogP contribution in [0.4, 0.5) is 5.69 Å². The minimum atomic E-state index is -0.808. The number of carbonyl (C=O) groups is 2. The molecule has 0 radical (unpaired) electrons. The van der Waals surface area contributed by atoms with Gasteiger partial charge >= 0.3 is 0 Å². The standard InChI is InChI=1S/C17H15NO3/c1-12-7-9-14(10-8-12)18-17(21)16(20)11-15(19)13-5-3-2-4-6-13/h2-11,19H,1H3,(H,18,21). The third-order valence-electron chi connectivity index (χ3n) is 2.87. The first-order valence-corrected chi connectivity index (χ1v) is 6.44. The fraction of sp³-hybridized carbons (Fsp3) is 0.0588. The Kier molecular flexibility index (Phi) is 4.51. The number of hydrogen-bond donors (Lipinski definition) is 2. The van der Waals surface area contributed by atoms with Crippen LogP contribution < -0.4 is 5.32 Å². The Labute approximate surface area is 122 Å². The minimum absolute atomic E-state index is 0.236. The maximum Gasteiger partial charge on any atom is 0.296 e. The normalized spacial score (nSPS) is 11.0. The van der Waals surface area contributed by atoms with Gasteiger partial charge in [0.25, 0.3) is 5.91 Å². The summed E-state index contributed by atoms with van der Waals surface area (Å²) < 4.78 is 0. The number of nitrogens with one attached hydrogen (secondary N) is 1. The Morgan fingerprint density at radius 3 is 2.24 bits per heavy atom. The van der Waals surface area contributed by atoms with Gasteiger partial charge in [-0.3, -0.25) is 9.59 Å². The van der Waals surface area contributed by atoms with Crippen molar-refractivity contribution in [3.05, 3.63) is 71.8 Å². The summed E-state index contributed by atoms with van der Waals surface area (Å²) in [6, 6.07) is 15.6. The maximum absolute atomic E-state index is 11.7. The van der Waals surface area contributed by atoms with Crippen molar-refractivity contribution in [1.82, 2.24) is 0 Å². The van der Waals surface area contributed by atoms with Gasteiger partial charge in [-0.05, 0) is 19.1 Å². The second kappa shape index (κ2) is 6.52. The largest absolute Gasteiger partial charge is 0.507 e. The average molecular weight is 281 g/mol. The van der Waals surface area contributed by atoms with Gasteiger partial charge < -0.3 is 10.4 Å². The fourth-order valence-electron chi connectivity index (χ4n) is 1.71. The smallest absolute Gasteiger partial charge is 0.296 e. The summed E-state index contributed by atoms with van der Waals surface area (Å²) in [6.07, 6.45) is 0.916. The lowest BCUT2D eigenvalue weighted by Gasteiger charge is -2.03. The van der Waals surface area contributed by atoms with E-state index in [4.69, 9.17) is 0 Å². The third-order valence-corrected chi connectivity index (χ3v) is 2.87. The SMILES string of the molecule is Cc1ccc(NC(=O)C(=O)C=C(O)c2ccccc2)cc1. The van der Waals surface area contributed by atoms with E-state index in [1.807, 2.05) is 19.1 Å². The molecule has 4 heteroatoms. The van der Waals surface area contributed by atoms with Gasteiger partial charge in [0.05, 0.1) is 0 Å². The number of aliphatic hydroxyl groups is 1. The Morgan fingerprint density at radius 2 is 1.62 bits per heavy atom. The third kappa shape index (κ3) is 4.04. The first kappa shape index (κ1) is 14.5. The van der Waals surface area contributed by atoms with E-state index < -0.39 is 11.7 Å². The molecular weight excluding hydrogens is 266 g/mol. The van der Waals surface area contributed by atoms with E-state index >= 15 is 0 Å². The summed E-state index contributed by atoms with van der Waals surface area (Å²) >= 11 is 0. The number of aliphatic hydroxyl groups excluding tert-OH is 1. The van der Waals surface area contributed by atoms with E-state index in [1.165, 1.54) is 0 Å². The summed E-state index contributed by atoms with van der Waals surface area (Å²) in [5.74, 6) is -1.84. The quantitative estimate of drug-likeness (QED) is 0.514. The monoisotopic (exact) mass is 281 g/mol. The second-order valence-corrected chi connectivity index (χ2v) is 4.58. The number of rotatable bonds is 4. The molecule has 0 atom stereocenters. The van der Waals surface area contributed by atoms with E-state index in [2.05, 4.69) is 5.32 Å². The highest BCUT2D eigenvalue weighted by Crippen LogP contribution is 2.11. The second-order valence-electron chi connectivity index (χ2n) is 4.58. The lowest BCUT2D eigenvalue weighted by molar-refractivity contribution is -0.131. The predicted molar refractivity (Wildman–Crippen MR) is 81.9 cm³/mol. The number of benzene rings is 2. The molecule has 2 aromatic rings. The van der Waals surface area contributed by atoms with Crippen LogP contribution in [0.15, 0.2) is 60.7 Å². The highest BCUT2D eigenvalue weighted by atomic mass is 16.3. The molecule has 0 aliphatic rings. The van der Waals surface area contributed by atoms with Crippen molar-refractivity contribution in [3.8, 4) is 0 Å². The van der Waals surface area contributed by atoms with Crippen LogP contribution in [0, 0.1) is 6.92 Å². The van der Waals surface area contributed by atoms with Crippen LogP contribution in [0.25, 0.3) is 5.76 Å². The van der Waals surface area contributed by atoms with Crippen molar-refractivity contribution in [2.75, 3.05) is 5.32 Å². The molecule has 0 heterocycles. The van der Waals surface area contributed by atoms with Crippen LogP contribution in [0.5, 0.6) is 0 Å². The van der Waals surface area contributed by atoms with E-state index in [9.17, 15) is 14.7 Å². The Morgan fingerprint density at radius 1 is 1.00 bits per heavy atom. The van der Waals surface area contributed by atoms with Gasteiger partial charge in [-0.25, -0.2) is 0 Å². The Hall–Kier alpha value is -2.88. The predicted octanol–water partition coefficient (Wildman–Crippen LogP) is 3.10. The zero-order valence-corrected chi connectivity index (χ0v) is 11.5. The molecule has 0 spiro atoms. The molecule has 0 bridgehead atoms. The van der Waals surface area contributed by atoms with Crippen LogP contribution >= 0.6 is 0 Å². The average Bonchev–Trinajstić information content (AvgIpc) is 2.50. The number of anilines is 1. The molecule has 0 aromatic heterocycles. The summed E-state index contributed by atoms with van der Waals surface area (Å²) in [4.78, 5) is 23.5. The summed E-state index contributed by atoms with van der Waals surface area (Å²) in [6.45, 7) is 1.93. The van der Waals surface area contributed by atoms with Crippen LogP contribution in [-0.2, 0) is 9.59 Å². The first-order chi connectivity index (χ1) is 10.1. The maximum atomic E-state index is 11.7. The van der Waals surface area contributed by atoms with Gasteiger partial charge in [0.2, 0.25) is 5.78 Å². The molecule has 0 aliphatic carbocycles.